The van der Waals surface area contributed by atoms with Gasteiger partial charge in [-0.05, 0) is 25.7 Å². The largest absolute Gasteiger partial charge is 0.451 e. The highest BCUT2D eigenvalue weighted by molar-refractivity contribution is 5.80. The molecule has 0 aliphatic carbocycles. The van der Waals surface area contributed by atoms with Crippen LogP contribution in [-0.4, -0.2) is 48.2 Å². The fraction of sp³-hybridized carbons (Fsp3) is 0.588. The number of aromatic nitrogens is 5. The van der Waals surface area contributed by atoms with Gasteiger partial charge in [0.1, 0.15) is 11.9 Å². The first-order valence-corrected chi connectivity index (χ1v) is 9.20. The summed E-state index contributed by atoms with van der Waals surface area (Å²) in [6.45, 7) is 1.36. The molecule has 1 atom stereocenters. The lowest BCUT2D eigenvalue weighted by Gasteiger charge is -2.27. The molecule has 0 bridgehead atoms. The number of fused-ring (bicyclic) bond motifs is 1. The minimum atomic E-state index is -4.62. The third kappa shape index (κ3) is 3.40. The van der Waals surface area contributed by atoms with Gasteiger partial charge in [0.05, 0.1) is 6.54 Å². The van der Waals surface area contributed by atoms with Gasteiger partial charge in [0.25, 0.3) is 0 Å². The van der Waals surface area contributed by atoms with Gasteiger partial charge in [0.2, 0.25) is 11.7 Å². The summed E-state index contributed by atoms with van der Waals surface area (Å²) in [4.78, 5) is 34.1. The zero-order valence-electron chi connectivity index (χ0n) is 15.0. The van der Waals surface area contributed by atoms with Crippen LogP contribution in [0.1, 0.15) is 48.9 Å². The molecule has 11 heteroatoms. The van der Waals surface area contributed by atoms with Crippen molar-refractivity contribution in [2.75, 3.05) is 13.1 Å². The van der Waals surface area contributed by atoms with Crippen LogP contribution in [0.2, 0.25) is 0 Å². The predicted molar refractivity (Wildman–Crippen MR) is 90.4 cm³/mol. The molecule has 1 saturated heterocycles. The first-order chi connectivity index (χ1) is 13.3. The highest BCUT2D eigenvalue weighted by Gasteiger charge is 2.35. The number of hydrogen-bond donors (Lipinski definition) is 0. The van der Waals surface area contributed by atoms with Crippen LogP contribution >= 0.6 is 0 Å². The molecule has 0 N–H and O–H groups in total. The molecule has 4 heterocycles. The predicted octanol–water partition coefficient (Wildman–Crippen LogP) is 1.40. The normalized spacial score (nSPS) is 19.7. The third-order valence-electron chi connectivity index (χ3n) is 5.12. The fourth-order valence-corrected chi connectivity index (χ4v) is 3.77. The molecule has 2 aromatic rings. The van der Waals surface area contributed by atoms with E-state index in [1.54, 1.807) is 4.90 Å². The Morgan fingerprint density at radius 2 is 1.82 bits per heavy atom. The van der Waals surface area contributed by atoms with Crippen molar-refractivity contribution in [2.24, 2.45) is 0 Å². The van der Waals surface area contributed by atoms with Crippen LogP contribution in [0, 0.1) is 0 Å². The lowest BCUT2D eigenvalue weighted by molar-refractivity contribution is -0.145. The highest BCUT2D eigenvalue weighted by Crippen LogP contribution is 2.26. The molecule has 2 aromatic heterocycles. The zero-order valence-corrected chi connectivity index (χ0v) is 15.0. The van der Waals surface area contributed by atoms with Gasteiger partial charge in [-0.3, -0.25) is 9.36 Å². The standard InChI is InChI=1S/C17H19F3N6O2/c18-17(19,20)15-21-8-11(9-22-15)10-25-16(28)26-12(4-3-5-13(26)23-25)14(27)24-6-1-2-7-24/h8-9,12H,1-7,10H2. The molecule has 1 amide bonds. The minimum absolute atomic E-state index is 0.0540. The van der Waals surface area contributed by atoms with E-state index in [-0.39, 0.29) is 12.5 Å². The van der Waals surface area contributed by atoms with E-state index >= 15 is 0 Å². The van der Waals surface area contributed by atoms with E-state index in [4.69, 9.17) is 0 Å². The van der Waals surface area contributed by atoms with E-state index in [9.17, 15) is 22.8 Å². The highest BCUT2D eigenvalue weighted by atomic mass is 19.4. The Bertz CT molecular complexity index is 928. The van der Waals surface area contributed by atoms with Gasteiger partial charge in [-0.2, -0.15) is 18.3 Å². The number of carbonyl (C=O) groups excluding carboxylic acids is 1. The molecule has 0 aromatic carbocycles. The van der Waals surface area contributed by atoms with Crippen LogP contribution in [0.3, 0.4) is 0 Å². The molecule has 1 fully saturated rings. The van der Waals surface area contributed by atoms with Crippen LogP contribution in [0.25, 0.3) is 0 Å². The first-order valence-electron chi connectivity index (χ1n) is 9.20. The number of halogens is 3. The summed E-state index contributed by atoms with van der Waals surface area (Å²) < 4.78 is 40.3. The number of likely N-dealkylation sites (tertiary alicyclic amines) is 1. The van der Waals surface area contributed by atoms with Crippen LogP contribution in [0.5, 0.6) is 0 Å². The van der Waals surface area contributed by atoms with Crippen molar-refractivity contribution in [3.05, 3.63) is 40.1 Å². The van der Waals surface area contributed by atoms with Crippen molar-refractivity contribution in [1.29, 1.82) is 0 Å². The maximum absolute atomic E-state index is 12.8. The summed E-state index contributed by atoms with van der Waals surface area (Å²) in [5.41, 5.74) is -0.111. The topological polar surface area (TPSA) is 85.9 Å². The van der Waals surface area contributed by atoms with Gasteiger partial charge in [-0.15, -0.1) is 0 Å². The first kappa shape index (κ1) is 18.6. The number of amides is 1. The van der Waals surface area contributed by atoms with Crippen LogP contribution < -0.4 is 5.69 Å². The summed E-state index contributed by atoms with van der Waals surface area (Å²) in [5.74, 6) is -0.761. The number of carbonyl (C=O) groups is 1. The molecule has 4 rings (SSSR count). The van der Waals surface area contributed by atoms with Crippen molar-refractivity contribution in [2.45, 2.75) is 50.9 Å². The smallest absolute Gasteiger partial charge is 0.341 e. The number of hydrogen-bond acceptors (Lipinski definition) is 5. The molecule has 28 heavy (non-hydrogen) atoms. The lowest BCUT2D eigenvalue weighted by Crippen LogP contribution is -2.41. The maximum Gasteiger partial charge on any atom is 0.451 e. The molecule has 2 aliphatic heterocycles. The Morgan fingerprint density at radius 1 is 1.14 bits per heavy atom. The monoisotopic (exact) mass is 396 g/mol. The van der Waals surface area contributed by atoms with E-state index in [1.165, 1.54) is 4.57 Å². The molecule has 0 spiro atoms. The van der Waals surface area contributed by atoms with Gasteiger partial charge in [0, 0.05) is 37.5 Å². The molecule has 0 radical (unpaired) electrons. The van der Waals surface area contributed by atoms with Crippen LogP contribution in [0.4, 0.5) is 13.2 Å². The van der Waals surface area contributed by atoms with Crippen molar-refractivity contribution in [3.8, 4) is 0 Å². The van der Waals surface area contributed by atoms with Crippen molar-refractivity contribution in [1.82, 2.24) is 29.2 Å². The van der Waals surface area contributed by atoms with E-state index in [0.717, 1.165) is 36.3 Å². The Balaban J connectivity index is 1.59. The van der Waals surface area contributed by atoms with Crippen LogP contribution in [0.15, 0.2) is 17.2 Å². The Morgan fingerprint density at radius 3 is 2.46 bits per heavy atom. The quantitative estimate of drug-likeness (QED) is 0.783. The minimum Gasteiger partial charge on any atom is -0.341 e. The number of alkyl halides is 3. The molecule has 8 nitrogen and oxygen atoms in total. The van der Waals surface area contributed by atoms with Crippen molar-refractivity contribution < 1.29 is 18.0 Å². The molecule has 1 unspecified atom stereocenters. The van der Waals surface area contributed by atoms with Gasteiger partial charge >= 0.3 is 11.9 Å². The van der Waals surface area contributed by atoms with Crippen molar-refractivity contribution >= 4 is 5.91 Å². The summed E-state index contributed by atoms with van der Waals surface area (Å²) >= 11 is 0. The SMILES string of the molecule is O=C(C1CCCc2nn(Cc3cnc(C(F)(F)F)nc3)c(=O)n21)N1CCCC1. The van der Waals surface area contributed by atoms with E-state index in [1.807, 2.05) is 0 Å². The number of nitrogens with zero attached hydrogens (tertiary/aromatic N) is 6. The molecule has 0 saturated carbocycles. The van der Waals surface area contributed by atoms with E-state index < -0.39 is 23.7 Å². The van der Waals surface area contributed by atoms with Gasteiger partial charge < -0.3 is 4.90 Å². The summed E-state index contributed by atoms with van der Waals surface area (Å²) in [6, 6.07) is -0.563. The molecular formula is C17H19F3N6O2. The fourth-order valence-electron chi connectivity index (χ4n) is 3.77. The van der Waals surface area contributed by atoms with E-state index in [2.05, 4.69) is 15.1 Å². The Labute approximate surface area is 158 Å². The third-order valence-corrected chi connectivity index (χ3v) is 5.12. The van der Waals surface area contributed by atoms with Crippen LogP contribution in [-0.2, 0) is 23.9 Å². The average molecular weight is 396 g/mol. The molecule has 150 valence electrons. The Hall–Kier alpha value is -2.72. The summed E-state index contributed by atoms with van der Waals surface area (Å²) in [5, 5.41) is 4.29. The van der Waals surface area contributed by atoms with Gasteiger partial charge in [-0.1, -0.05) is 0 Å². The van der Waals surface area contributed by atoms with E-state index in [0.29, 0.717) is 37.3 Å². The van der Waals surface area contributed by atoms with Crippen molar-refractivity contribution in [3.63, 3.8) is 0 Å². The number of rotatable bonds is 3. The average Bonchev–Trinajstić information content (AvgIpc) is 3.30. The maximum atomic E-state index is 12.8. The van der Waals surface area contributed by atoms with Gasteiger partial charge in [-0.25, -0.2) is 19.4 Å². The Kier molecular flexibility index (Phi) is 4.68. The second kappa shape index (κ2) is 7.02. The molecule has 2 aliphatic rings. The second-order valence-electron chi connectivity index (χ2n) is 7.08. The second-order valence-corrected chi connectivity index (χ2v) is 7.08. The molecular weight excluding hydrogens is 377 g/mol. The summed E-state index contributed by atoms with van der Waals surface area (Å²) in [7, 11) is 0. The number of aryl methyl sites for hydroxylation is 1. The lowest BCUT2D eigenvalue weighted by atomic mass is 10.0. The summed E-state index contributed by atoms with van der Waals surface area (Å²) in [6.07, 6.45) is 1.30. The van der Waals surface area contributed by atoms with Gasteiger partial charge in [0.15, 0.2) is 0 Å². The zero-order chi connectivity index (χ0) is 19.9.